The van der Waals surface area contributed by atoms with Crippen molar-refractivity contribution in [1.82, 2.24) is 5.32 Å². The van der Waals surface area contributed by atoms with E-state index in [9.17, 15) is 14.9 Å². The molecule has 1 aromatic heterocycles. The summed E-state index contributed by atoms with van der Waals surface area (Å²) in [5.74, 6) is -1.05. The van der Waals surface area contributed by atoms with Gasteiger partial charge < -0.3 is 10.1 Å². The van der Waals surface area contributed by atoms with Crippen LogP contribution in [-0.2, 0) is 16.0 Å². The van der Waals surface area contributed by atoms with Crippen LogP contribution < -0.4 is 5.32 Å². The van der Waals surface area contributed by atoms with E-state index in [1.54, 1.807) is 13.0 Å². The monoisotopic (exact) mass is 336 g/mol. The smallest absolute Gasteiger partial charge is 0.349 e. The quantitative estimate of drug-likeness (QED) is 0.809. The number of rotatable bonds is 6. The molecule has 2 unspecified atom stereocenters. The summed E-state index contributed by atoms with van der Waals surface area (Å²) in [4.78, 5) is 26.0. The number of hydrogen-bond acceptors (Lipinski definition) is 5. The molecule has 0 saturated heterocycles. The fourth-order valence-electron chi connectivity index (χ4n) is 1.90. The van der Waals surface area contributed by atoms with E-state index in [2.05, 4.69) is 11.4 Å². The second-order valence-electron chi connectivity index (χ2n) is 6.08. The third-order valence-electron chi connectivity index (χ3n) is 3.97. The van der Waals surface area contributed by atoms with Crippen molar-refractivity contribution in [2.45, 2.75) is 59.6 Å². The largest absolute Gasteiger partial charge is 0.448 e. The van der Waals surface area contributed by atoms with Gasteiger partial charge in [0, 0.05) is 4.88 Å². The molecular weight excluding hydrogens is 312 g/mol. The van der Waals surface area contributed by atoms with Crippen molar-refractivity contribution in [3.05, 3.63) is 21.4 Å². The van der Waals surface area contributed by atoms with E-state index in [1.807, 2.05) is 27.7 Å². The number of nitriles is 1. The number of nitrogens with one attached hydrogen (secondary N) is 1. The lowest BCUT2D eigenvalue weighted by atomic mass is 9.90. The maximum atomic E-state index is 12.2. The minimum Gasteiger partial charge on any atom is -0.448 e. The molecule has 0 aliphatic heterocycles. The van der Waals surface area contributed by atoms with Crippen molar-refractivity contribution in [2.75, 3.05) is 0 Å². The zero-order chi connectivity index (χ0) is 17.8. The first-order chi connectivity index (χ1) is 10.6. The molecule has 6 heteroatoms. The Kier molecular flexibility index (Phi) is 6.34. The first-order valence-corrected chi connectivity index (χ1v) is 8.49. The van der Waals surface area contributed by atoms with E-state index in [-0.39, 0.29) is 5.92 Å². The Hall–Kier alpha value is -1.87. The predicted octanol–water partition coefficient (Wildman–Crippen LogP) is 3.22. The maximum Gasteiger partial charge on any atom is 0.349 e. The van der Waals surface area contributed by atoms with Crippen molar-refractivity contribution in [3.8, 4) is 6.07 Å². The summed E-state index contributed by atoms with van der Waals surface area (Å²) in [6.07, 6.45) is -0.101. The van der Waals surface area contributed by atoms with Gasteiger partial charge in [0.2, 0.25) is 0 Å². The average Bonchev–Trinajstić information content (AvgIpc) is 2.87. The molecule has 1 amide bonds. The lowest BCUT2D eigenvalue weighted by Gasteiger charge is -2.28. The van der Waals surface area contributed by atoms with Crippen molar-refractivity contribution < 1.29 is 14.3 Å². The Labute approximate surface area is 141 Å². The van der Waals surface area contributed by atoms with E-state index in [0.717, 1.165) is 16.9 Å². The van der Waals surface area contributed by atoms with Crippen LogP contribution in [0.4, 0.5) is 0 Å². The summed E-state index contributed by atoms with van der Waals surface area (Å²) in [6, 6.07) is 3.88. The van der Waals surface area contributed by atoms with Crippen molar-refractivity contribution in [2.24, 2.45) is 5.92 Å². The van der Waals surface area contributed by atoms with E-state index in [1.165, 1.54) is 18.3 Å². The highest BCUT2D eigenvalue weighted by Crippen LogP contribution is 2.23. The van der Waals surface area contributed by atoms with Crippen LogP contribution in [0.25, 0.3) is 0 Å². The molecule has 0 aromatic carbocycles. The van der Waals surface area contributed by atoms with Gasteiger partial charge in [-0.15, -0.1) is 11.3 Å². The number of aryl methyl sites for hydroxylation is 2. The van der Waals surface area contributed by atoms with Crippen LogP contribution in [0.2, 0.25) is 0 Å². The molecule has 0 radical (unpaired) electrons. The highest BCUT2D eigenvalue weighted by Gasteiger charge is 2.32. The van der Waals surface area contributed by atoms with Gasteiger partial charge in [-0.05, 0) is 44.7 Å². The number of ether oxygens (including phenoxy) is 1. The Bertz CT molecular complexity index is 630. The minimum absolute atomic E-state index is 0.0635. The van der Waals surface area contributed by atoms with Crippen LogP contribution in [0.3, 0.4) is 0 Å². The van der Waals surface area contributed by atoms with Gasteiger partial charge in [-0.2, -0.15) is 5.26 Å². The number of thiophene rings is 1. The van der Waals surface area contributed by atoms with Gasteiger partial charge >= 0.3 is 5.97 Å². The molecule has 0 aliphatic carbocycles. The van der Waals surface area contributed by atoms with Crippen LogP contribution in [0, 0.1) is 24.2 Å². The zero-order valence-electron chi connectivity index (χ0n) is 14.5. The van der Waals surface area contributed by atoms with Gasteiger partial charge in [-0.25, -0.2) is 4.79 Å². The van der Waals surface area contributed by atoms with Gasteiger partial charge in [0.25, 0.3) is 5.91 Å². The minimum atomic E-state index is -0.993. The van der Waals surface area contributed by atoms with Crippen LogP contribution in [0.5, 0.6) is 0 Å². The average molecular weight is 336 g/mol. The standard InChI is InChI=1S/C17H24N2O3S/c1-7-13-11(4)8-14(23-13)16(21)22-12(5)15(20)19-17(6,9-18)10(2)3/h8,10,12H,7H2,1-6H3,(H,19,20). The summed E-state index contributed by atoms with van der Waals surface area (Å²) in [6.45, 7) is 10.8. The number of esters is 1. The molecule has 0 bridgehead atoms. The normalized spacial score (nSPS) is 14.7. The van der Waals surface area contributed by atoms with Gasteiger partial charge in [0.1, 0.15) is 10.4 Å². The van der Waals surface area contributed by atoms with E-state index < -0.39 is 23.5 Å². The Balaban J connectivity index is 2.75. The molecule has 5 nitrogen and oxygen atoms in total. The Morgan fingerprint density at radius 2 is 2.04 bits per heavy atom. The van der Waals surface area contributed by atoms with Gasteiger partial charge in [0.15, 0.2) is 6.10 Å². The van der Waals surface area contributed by atoms with Gasteiger partial charge in [-0.3, -0.25) is 4.79 Å². The predicted molar refractivity (Wildman–Crippen MR) is 90.3 cm³/mol. The molecule has 1 N–H and O–H groups in total. The number of hydrogen-bond donors (Lipinski definition) is 1. The van der Waals surface area contributed by atoms with Crippen LogP contribution in [-0.4, -0.2) is 23.5 Å². The zero-order valence-corrected chi connectivity index (χ0v) is 15.3. The highest BCUT2D eigenvalue weighted by molar-refractivity contribution is 7.14. The number of amides is 1. The first kappa shape index (κ1) is 19.2. The molecule has 1 aromatic rings. The number of carbonyl (C=O) groups is 2. The van der Waals surface area contributed by atoms with Crippen molar-refractivity contribution in [3.63, 3.8) is 0 Å². The molecule has 0 fully saturated rings. The summed E-state index contributed by atoms with van der Waals surface area (Å²) >= 11 is 1.39. The topological polar surface area (TPSA) is 79.2 Å². The Morgan fingerprint density at radius 3 is 2.48 bits per heavy atom. The maximum absolute atomic E-state index is 12.2. The molecule has 1 heterocycles. The summed E-state index contributed by atoms with van der Waals surface area (Å²) in [5, 5.41) is 11.9. The number of carbonyl (C=O) groups excluding carboxylic acids is 2. The molecule has 126 valence electrons. The second-order valence-corrected chi connectivity index (χ2v) is 7.21. The van der Waals surface area contributed by atoms with Crippen LogP contribution >= 0.6 is 11.3 Å². The first-order valence-electron chi connectivity index (χ1n) is 7.68. The molecule has 0 spiro atoms. The third kappa shape index (κ3) is 4.55. The molecule has 23 heavy (non-hydrogen) atoms. The molecular formula is C17H24N2O3S. The van der Waals surface area contributed by atoms with Crippen LogP contribution in [0.1, 0.15) is 54.7 Å². The van der Waals surface area contributed by atoms with Crippen molar-refractivity contribution in [1.29, 1.82) is 5.26 Å². The SMILES string of the molecule is CCc1sc(C(=O)OC(C)C(=O)NC(C)(C#N)C(C)C)cc1C. The molecule has 2 atom stereocenters. The van der Waals surface area contributed by atoms with E-state index in [4.69, 9.17) is 4.74 Å². The summed E-state index contributed by atoms with van der Waals surface area (Å²) < 4.78 is 5.23. The third-order valence-corrected chi connectivity index (χ3v) is 5.33. The summed E-state index contributed by atoms with van der Waals surface area (Å²) in [5.41, 5.74) is 0.0607. The molecule has 0 aliphatic rings. The molecule has 1 rings (SSSR count). The fourth-order valence-corrected chi connectivity index (χ4v) is 2.90. The number of nitrogens with zero attached hydrogens (tertiary/aromatic N) is 1. The lowest BCUT2D eigenvalue weighted by Crippen LogP contribution is -2.52. The highest BCUT2D eigenvalue weighted by atomic mass is 32.1. The lowest BCUT2D eigenvalue weighted by molar-refractivity contribution is -0.130. The Morgan fingerprint density at radius 1 is 1.43 bits per heavy atom. The molecule has 0 saturated carbocycles. The fraction of sp³-hybridized carbons (Fsp3) is 0.588. The summed E-state index contributed by atoms with van der Waals surface area (Å²) in [7, 11) is 0. The van der Waals surface area contributed by atoms with E-state index >= 15 is 0 Å². The second kappa shape index (κ2) is 7.60. The van der Waals surface area contributed by atoms with Gasteiger partial charge in [0.05, 0.1) is 6.07 Å². The van der Waals surface area contributed by atoms with Crippen LogP contribution in [0.15, 0.2) is 6.07 Å². The van der Waals surface area contributed by atoms with Gasteiger partial charge in [-0.1, -0.05) is 20.8 Å². The van der Waals surface area contributed by atoms with Crippen molar-refractivity contribution >= 4 is 23.2 Å². The van der Waals surface area contributed by atoms with E-state index in [0.29, 0.717) is 4.88 Å².